The topological polar surface area (TPSA) is 60.4 Å². The molecular formula is C13H14O4S. The number of sulfone groups is 1. The average Bonchev–Trinajstić information content (AvgIpc) is 3.03. The van der Waals surface area contributed by atoms with Gasteiger partial charge in [-0.2, -0.15) is 0 Å². The molecule has 18 heavy (non-hydrogen) atoms. The fourth-order valence-electron chi connectivity index (χ4n) is 2.89. The van der Waals surface area contributed by atoms with Gasteiger partial charge >= 0.3 is 5.97 Å². The molecule has 0 spiro atoms. The molecule has 1 saturated carbocycles. The Bertz CT molecular complexity index is 618. The van der Waals surface area contributed by atoms with Gasteiger partial charge in [0.2, 0.25) is 0 Å². The second-order valence-electron chi connectivity index (χ2n) is 5.46. The Morgan fingerprint density at radius 2 is 1.83 bits per heavy atom. The standard InChI is InChI=1S/C13H14O4S/c1-12(2)10-8-13(10,11(14)17-12)18(15,16)9-6-4-3-5-7-9/h3-7,10H,8H2,1-2H3/t10-,13+/m1/s1. The number of esters is 1. The van der Waals surface area contributed by atoms with Crippen molar-refractivity contribution < 1.29 is 17.9 Å². The van der Waals surface area contributed by atoms with Gasteiger partial charge in [0.05, 0.1) is 4.90 Å². The molecule has 2 fully saturated rings. The summed E-state index contributed by atoms with van der Waals surface area (Å²) in [5.41, 5.74) is -0.682. The quantitative estimate of drug-likeness (QED) is 0.762. The first kappa shape index (κ1) is 11.7. The van der Waals surface area contributed by atoms with Crippen LogP contribution in [-0.4, -0.2) is 24.7 Å². The number of carbonyl (C=O) groups is 1. The first-order valence-corrected chi connectivity index (χ1v) is 7.34. The number of cyclic esters (lactones) is 1. The van der Waals surface area contributed by atoms with Crippen molar-refractivity contribution >= 4 is 15.8 Å². The largest absolute Gasteiger partial charge is 0.458 e. The van der Waals surface area contributed by atoms with E-state index in [9.17, 15) is 13.2 Å². The van der Waals surface area contributed by atoms with E-state index in [4.69, 9.17) is 4.74 Å². The number of rotatable bonds is 2. The molecule has 1 saturated heterocycles. The maximum atomic E-state index is 12.6. The van der Waals surface area contributed by atoms with Gasteiger partial charge in [-0.15, -0.1) is 0 Å². The third-order valence-electron chi connectivity index (χ3n) is 3.98. The molecule has 1 aliphatic heterocycles. The van der Waals surface area contributed by atoms with Crippen LogP contribution in [0.2, 0.25) is 0 Å². The normalized spacial score (nSPS) is 32.8. The van der Waals surface area contributed by atoms with E-state index in [-0.39, 0.29) is 10.8 Å². The smallest absolute Gasteiger partial charge is 0.328 e. The maximum Gasteiger partial charge on any atom is 0.328 e. The van der Waals surface area contributed by atoms with Crippen molar-refractivity contribution in [3.05, 3.63) is 30.3 Å². The van der Waals surface area contributed by atoms with Gasteiger partial charge in [0, 0.05) is 5.92 Å². The number of hydrogen-bond acceptors (Lipinski definition) is 4. The third kappa shape index (κ3) is 1.20. The minimum Gasteiger partial charge on any atom is -0.458 e. The SMILES string of the molecule is CC1(C)OC(=O)[C@]2(S(=O)(=O)c3ccccc3)C[C@H]12. The number of hydrogen-bond donors (Lipinski definition) is 0. The summed E-state index contributed by atoms with van der Waals surface area (Å²) in [6.07, 6.45) is 0.371. The number of carbonyl (C=O) groups excluding carboxylic acids is 1. The summed E-state index contributed by atoms with van der Waals surface area (Å²) in [7, 11) is -3.66. The van der Waals surface area contributed by atoms with Gasteiger partial charge in [-0.3, -0.25) is 4.79 Å². The van der Waals surface area contributed by atoms with E-state index in [2.05, 4.69) is 0 Å². The van der Waals surface area contributed by atoms with Crippen molar-refractivity contribution in [2.75, 3.05) is 0 Å². The van der Waals surface area contributed by atoms with E-state index >= 15 is 0 Å². The minimum absolute atomic E-state index is 0.196. The molecule has 1 aromatic rings. The molecule has 1 aromatic carbocycles. The Hall–Kier alpha value is -1.36. The maximum absolute atomic E-state index is 12.6. The molecule has 0 unspecified atom stereocenters. The van der Waals surface area contributed by atoms with Crippen molar-refractivity contribution in [1.29, 1.82) is 0 Å². The van der Waals surface area contributed by atoms with Gasteiger partial charge < -0.3 is 4.74 Å². The van der Waals surface area contributed by atoms with Gasteiger partial charge in [0.15, 0.2) is 14.6 Å². The first-order chi connectivity index (χ1) is 8.32. The molecule has 2 atom stereocenters. The monoisotopic (exact) mass is 266 g/mol. The molecular weight excluding hydrogens is 252 g/mol. The van der Waals surface area contributed by atoms with E-state index < -0.39 is 26.2 Å². The molecule has 0 aromatic heterocycles. The summed E-state index contributed by atoms with van der Waals surface area (Å²) >= 11 is 0. The zero-order valence-electron chi connectivity index (χ0n) is 10.2. The Morgan fingerprint density at radius 1 is 1.22 bits per heavy atom. The lowest BCUT2D eigenvalue weighted by Gasteiger charge is -2.18. The third-order valence-corrected chi connectivity index (χ3v) is 6.45. The summed E-state index contributed by atoms with van der Waals surface area (Å²) in [5.74, 6) is -0.830. The van der Waals surface area contributed by atoms with Crippen LogP contribution < -0.4 is 0 Å². The van der Waals surface area contributed by atoms with E-state index in [0.717, 1.165) is 0 Å². The van der Waals surface area contributed by atoms with Crippen LogP contribution in [0.3, 0.4) is 0 Å². The van der Waals surface area contributed by atoms with Crippen LogP contribution in [0, 0.1) is 5.92 Å². The number of benzene rings is 1. The fraction of sp³-hybridized carbons (Fsp3) is 0.462. The Balaban J connectivity index is 2.11. The molecule has 2 aliphatic rings. The average molecular weight is 266 g/mol. The molecule has 0 N–H and O–H groups in total. The first-order valence-electron chi connectivity index (χ1n) is 5.85. The van der Waals surface area contributed by atoms with Crippen molar-refractivity contribution in [3.63, 3.8) is 0 Å². The number of fused-ring (bicyclic) bond motifs is 1. The molecule has 1 aliphatic carbocycles. The van der Waals surface area contributed by atoms with E-state index in [1.165, 1.54) is 12.1 Å². The zero-order chi connectivity index (χ0) is 13.2. The van der Waals surface area contributed by atoms with Crippen molar-refractivity contribution in [2.24, 2.45) is 5.92 Å². The highest BCUT2D eigenvalue weighted by Crippen LogP contribution is 2.63. The predicted molar refractivity (Wildman–Crippen MR) is 64.6 cm³/mol. The number of ether oxygens (including phenoxy) is 1. The lowest BCUT2D eigenvalue weighted by Crippen LogP contribution is -2.31. The van der Waals surface area contributed by atoms with Crippen molar-refractivity contribution in [2.45, 2.75) is 35.5 Å². The van der Waals surface area contributed by atoms with Crippen LogP contribution >= 0.6 is 0 Å². The van der Waals surface area contributed by atoms with Crippen LogP contribution in [0.5, 0.6) is 0 Å². The Kier molecular flexibility index (Phi) is 2.05. The second-order valence-corrected chi connectivity index (χ2v) is 7.66. The lowest BCUT2D eigenvalue weighted by molar-refractivity contribution is -0.149. The molecule has 0 amide bonds. The summed E-state index contributed by atoms with van der Waals surface area (Å²) in [4.78, 5) is 12.2. The van der Waals surface area contributed by atoms with Gasteiger partial charge in [-0.25, -0.2) is 8.42 Å². The van der Waals surface area contributed by atoms with Crippen LogP contribution in [0.15, 0.2) is 35.2 Å². The highest BCUT2D eigenvalue weighted by atomic mass is 32.2. The molecule has 5 heteroatoms. The van der Waals surface area contributed by atoms with Crippen molar-refractivity contribution in [1.82, 2.24) is 0 Å². The van der Waals surface area contributed by atoms with Crippen LogP contribution in [0.25, 0.3) is 0 Å². The van der Waals surface area contributed by atoms with Gasteiger partial charge in [0.25, 0.3) is 0 Å². The van der Waals surface area contributed by atoms with Crippen LogP contribution in [0.4, 0.5) is 0 Å². The molecule has 0 radical (unpaired) electrons. The van der Waals surface area contributed by atoms with Gasteiger partial charge in [0.1, 0.15) is 5.60 Å². The van der Waals surface area contributed by atoms with E-state index in [0.29, 0.717) is 6.42 Å². The lowest BCUT2D eigenvalue weighted by atomic mass is 10.0. The molecule has 0 bridgehead atoms. The zero-order valence-corrected chi connectivity index (χ0v) is 11.0. The molecule has 1 heterocycles. The van der Waals surface area contributed by atoms with Crippen LogP contribution in [-0.2, 0) is 19.4 Å². The fourth-order valence-corrected chi connectivity index (χ4v) is 5.13. The second kappa shape index (κ2) is 3.15. The Morgan fingerprint density at radius 3 is 2.28 bits per heavy atom. The molecule has 96 valence electrons. The van der Waals surface area contributed by atoms with Crippen molar-refractivity contribution in [3.8, 4) is 0 Å². The molecule has 3 rings (SSSR count). The highest BCUT2D eigenvalue weighted by molar-refractivity contribution is 7.94. The summed E-state index contributed by atoms with van der Waals surface area (Å²) in [6.45, 7) is 3.54. The summed E-state index contributed by atoms with van der Waals surface area (Å²) in [6, 6.07) is 8.12. The predicted octanol–water partition coefficient (Wildman–Crippen LogP) is 1.55. The molecule has 4 nitrogen and oxygen atoms in total. The highest BCUT2D eigenvalue weighted by Gasteiger charge is 2.80. The van der Waals surface area contributed by atoms with E-state index in [1.807, 2.05) is 0 Å². The Labute approximate surface area is 106 Å². The van der Waals surface area contributed by atoms with E-state index in [1.54, 1.807) is 32.0 Å². The van der Waals surface area contributed by atoms with Gasteiger partial charge in [-0.05, 0) is 32.4 Å². The summed E-state index contributed by atoms with van der Waals surface area (Å²) < 4.78 is 29.1. The van der Waals surface area contributed by atoms with Gasteiger partial charge in [-0.1, -0.05) is 18.2 Å². The minimum atomic E-state index is -3.66. The van der Waals surface area contributed by atoms with Crippen LogP contribution in [0.1, 0.15) is 20.3 Å². The summed E-state index contributed by atoms with van der Waals surface area (Å²) in [5, 5.41) is 0.